The normalized spacial score (nSPS) is 13.6. The Morgan fingerprint density at radius 2 is 1.43 bits per heavy atom. The number of aromatic carboxylic acids is 1. The summed E-state index contributed by atoms with van der Waals surface area (Å²) in [5.41, 5.74) is 0.143. The van der Waals surface area contributed by atoms with Crippen LogP contribution in [0.4, 0.5) is 0 Å². The zero-order valence-electron chi connectivity index (χ0n) is 16.7. The Morgan fingerprint density at radius 3 is 2.07 bits per heavy atom. The van der Waals surface area contributed by atoms with Crippen molar-refractivity contribution in [2.75, 3.05) is 39.9 Å². The van der Waals surface area contributed by atoms with Gasteiger partial charge in [0.15, 0.2) is 11.5 Å². The van der Waals surface area contributed by atoms with E-state index in [4.69, 9.17) is 9.47 Å². The molecule has 0 aliphatic carbocycles. The number of carbonyl (C=O) groups excluding carboxylic acids is 2. The molecule has 0 atom stereocenters. The molecule has 1 aliphatic heterocycles. The summed E-state index contributed by atoms with van der Waals surface area (Å²) >= 11 is 0. The fraction of sp³-hybridized carbons (Fsp3) is 0.318. The molecule has 1 heterocycles. The number of carboxylic acids is 1. The van der Waals surface area contributed by atoms with Crippen LogP contribution in [0.5, 0.6) is 11.5 Å². The van der Waals surface area contributed by atoms with Crippen molar-refractivity contribution in [2.45, 2.75) is 6.42 Å². The van der Waals surface area contributed by atoms with E-state index in [1.807, 2.05) is 12.1 Å². The largest absolute Gasteiger partial charge is 0.493 e. The van der Waals surface area contributed by atoms with Crippen LogP contribution >= 0.6 is 0 Å². The Hall–Kier alpha value is -3.55. The predicted octanol–water partition coefficient (Wildman–Crippen LogP) is 2.15. The summed E-state index contributed by atoms with van der Waals surface area (Å²) in [7, 11) is 1.56. The molecular weight excluding hydrogens is 388 g/mol. The Kier molecular flexibility index (Phi) is 6.90. The third kappa shape index (κ3) is 4.89. The van der Waals surface area contributed by atoms with E-state index in [9.17, 15) is 19.5 Å². The summed E-state index contributed by atoms with van der Waals surface area (Å²) in [6, 6.07) is 13.4. The maximum atomic E-state index is 12.7. The maximum Gasteiger partial charge on any atom is 0.336 e. The van der Waals surface area contributed by atoms with Crippen molar-refractivity contribution in [2.24, 2.45) is 0 Å². The second-order valence-corrected chi connectivity index (χ2v) is 6.77. The standard InChI is InChI=1S/C22H24N2O6/c1-29-18-8-4-5-9-19(18)30-15-10-20(25)23-11-13-24(14-12-23)21(26)16-6-2-3-7-17(16)22(27)28/h2-9H,10-15H2,1H3,(H,27,28). The second-order valence-electron chi connectivity index (χ2n) is 6.77. The number of piperazine rings is 1. The summed E-state index contributed by atoms with van der Waals surface area (Å²) in [5.74, 6) is -0.329. The van der Waals surface area contributed by atoms with Gasteiger partial charge in [-0.15, -0.1) is 0 Å². The number of carboxylic acid groups (broad SMARTS) is 1. The molecule has 1 fully saturated rings. The van der Waals surface area contributed by atoms with E-state index in [1.54, 1.807) is 41.2 Å². The molecule has 2 amide bonds. The van der Waals surface area contributed by atoms with Crippen LogP contribution in [-0.4, -0.2) is 72.6 Å². The molecule has 3 rings (SSSR count). The SMILES string of the molecule is COc1ccccc1OCCC(=O)N1CCN(C(=O)c2ccccc2C(=O)O)CC1. The Morgan fingerprint density at radius 1 is 0.867 bits per heavy atom. The lowest BCUT2D eigenvalue weighted by atomic mass is 10.1. The minimum atomic E-state index is -1.14. The third-order valence-electron chi connectivity index (χ3n) is 4.95. The predicted molar refractivity (Wildman–Crippen MR) is 109 cm³/mol. The molecule has 0 unspecified atom stereocenters. The van der Waals surface area contributed by atoms with E-state index < -0.39 is 5.97 Å². The van der Waals surface area contributed by atoms with Gasteiger partial charge >= 0.3 is 5.97 Å². The van der Waals surface area contributed by atoms with Gasteiger partial charge in [-0.2, -0.15) is 0 Å². The average molecular weight is 412 g/mol. The highest BCUT2D eigenvalue weighted by molar-refractivity contribution is 6.04. The monoisotopic (exact) mass is 412 g/mol. The average Bonchev–Trinajstić information content (AvgIpc) is 2.79. The van der Waals surface area contributed by atoms with Crippen molar-refractivity contribution in [3.63, 3.8) is 0 Å². The molecule has 0 radical (unpaired) electrons. The number of ether oxygens (including phenoxy) is 2. The van der Waals surface area contributed by atoms with Crippen molar-refractivity contribution in [1.82, 2.24) is 9.80 Å². The van der Waals surface area contributed by atoms with Crippen LogP contribution in [0.15, 0.2) is 48.5 Å². The molecule has 1 aliphatic rings. The fourth-order valence-corrected chi connectivity index (χ4v) is 3.33. The van der Waals surface area contributed by atoms with Crippen molar-refractivity contribution in [1.29, 1.82) is 0 Å². The maximum absolute atomic E-state index is 12.7. The van der Waals surface area contributed by atoms with E-state index in [1.165, 1.54) is 12.1 Å². The molecule has 0 saturated carbocycles. The number of amides is 2. The molecule has 158 valence electrons. The van der Waals surface area contributed by atoms with Gasteiger partial charge in [0.2, 0.25) is 5.91 Å². The van der Waals surface area contributed by atoms with Crippen LogP contribution in [-0.2, 0) is 4.79 Å². The van der Waals surface area contributed by atoms with Crippen LogP contribution < -0.4 is 9.47 Å². The lowest BCUT2D eigenvalue weighted by Crippen LogP contribution is -2.51. The molecule has 0 bridgehead atoms. The van der Waals surface area contributed by atoms with E-state index in [0.29, 0.717) is 37.7 Å². The summed E-state index contributed by atoms with van der Waals surface area (Å²) in [6.07, 6.45) is 0.216. The van der Waals surface area contributed by atoms with E-state index in [0.717, 1.165) is 0 Å². The zero-order chi connectivity index (χ0) is 21.5. The van der Waals surface area contributed by atoms with Gasteiger partial charge in [0.25, 0.3) is 5.91 Å². The minimum Gasteiger partial charge on any atom is -0.493 e. The van der Waals surface area contributed by atoms with E-state index in [2.05, 4.69) is 0 Å². The summed E-state index contributed by atoms with van der Waals surface area (Å²) in [4.78, 5) is 39.8. The smallest absolute Gasteiger partial charge is 0.336 e. The quantitative estimate of drug-likeness (QED) is 0.749. The lowest BCUT2D eigenvalue weighted by molar-refractivity contribution is -0.133. The first-order chi connectivity index (χ1) is 14.5. The van der Waals surface area contributed by atoms with Gasteiger partial charge in [0, 0.05) is 26.2 Å². The first-order valence-corrected chi connectivity index (χ1v) is 9.66. The third-order valence-corrected chi connectivity index (χ3v) is 4.95. The Labute approximate surface area is 174 Å². The molecule has 8 nitrogen and oxygen atoms in total. The molecule has 0 spiro atoms. The van der Waals surface area contributed by atoms with Crippen molar-refractivity contribution >= 4 is 17.8 Å². The molecule has 2 aromatic carbocycles. The number of hydrogen-bond acceptors (Lipinski definition) is 5. The van der Waals surface area contributed by atoms with Gasteiger partial charge < -0.3 is 24.4 Å². The van der Waals surface area contributed by atoms with Crippen molar-refractivity contribution in [3.8, 4) is 11.5 Å². The van der Waals surface area contributed by atoms with Gasteiger partial charge in [-0.3, -0.25) is 9.59 Å². The van der Waals surface area contributed by atoms with Crippen LogP contribution in [0.1, 0.15) is 27.1 Å². The van der Waals surface area contributed by atoms with Gasteiger partial charge in [0.1, 0.15) is 0 Å². The molecule has 1 N–H and O–H groups in total. The number of nitrogens with zero attached hydrogens (tertiary/aromatic N) is 2. The number of carbonyl (C=O) groups is 3. The van der Waals surface area contributed by atoms with E-state index >= 15 is 0 Å². The van der Waals surface area contributed by atoms with Gasteiger partial charge in [-0.1, -0.05) is 24.3 Å². The first-order valence-electron chi connectivity index (χ1n) is 9.66. The summed E-state index contributed by atoms with van der Waals surface area (Å²) < 4.78 is 10.9. The zero-order valence-corrected chi connectivity index (χ0v) is 16.7. The van der Waals surface area contributed by atoms with Gasteiger partial charge in [0.05, 0.1) is 31.3 Å². The molecular formula is C22H24N2O6. The Balaban J connectivity index is 1.50. The summed E-state index contributed by atoms with van der Waals surface area (Å²) in [6.45, 7) is 1.73. The number of hydrogen-bond donors (Lipinski definition) is 1. The highest BCUT2D eigenvalue weighted by atomic mass is 16.5. The van der Waals surface area contributed by atoms with Crippen LogP contribution in [0, 0.1) is 0 Å². The highest BCUT2D eigenvalue weighted by Gasteiger charge is 2.27. The molecule has 0 aromatic heterocycles. The number of para-hydroxylation sites is 2. The van der Waals surface area contributed by atoms with E-state index in [-0.39, 0.29) is 36.0 Å². The van der Waals surface area contributed by atoms with Gasteiger partial charge in [-0.25, -0.2) is 4.79 Å². The fourth-order valence-electron chi connectivity index (χ4n) is 3.33. The second kappa shape index (κ2) is 9.78. The molecule has 1 saturated heterocycles. The minimum absolute atomic E-state index is 0.0190. The molecule has 2 aromatic rings. The topological polar surface area (TPSA) is 96.4 Å². The van der Waals surface area contributed by atoms with Crippen molar-refractivity contribution in [3.05, 3.63) is 59.7 Å². The van der Waals surface area contributed by atoms with Crippen LogP contribution in [0.3, 0.4) is 0 Å². The first kappa shape index (κ1) is 21.2. The van der Waals surface area contributed by atoms with Crippen LogP contribution in [0.25, 0.3) is 0 Å². The highest BCUT2D eigenvalue weighted by Crippen LogP contribution is 2.25. The van der Waals surface area contributed by atoms with Crippen LogP contribution in [0.2, 0.25) is 0 Å². The number of methoxy groups -OCH3 is 1. The number of benzene rings is 2. The molecule has 30 heavy (non-hydrogen) atoms. The van der Waals surface area contributed by atoms with Crippen molar-refractivity contribution < 1.29 is 29.0 Å². The Bertz CT molecular complexity index is 921. The number of rotatable bonds is 7. The lowest BCUT2D eigenvalue weighted by Gasteiger charge is -2.35. The summed E-state index contributed by atoms with van der Waals surface area (Å²) in [5, 5.41) is 9.28. The van der Waals surface area contributed by atoms with Gasteiger partial charge in [-0.05, 0) is 24.3 Å². The molecule has 8 heteroatoms.